The van der Waals surface area contributed by atoms with Crippen LogP contribution in [0.2, 0.25) is 0 Å². The van der Waals surface area contributed by atoms with E-state index in [4.69, 9.17) is 4.74 Å². The molecule has 1 heterocycles. The molecule has 114 valence electrons. The van der Waals surface area contributed by atoms with Gasteiger partial charge in [-0.05, 0) is 19.1 Å². The number of hydrogen-bond donors (Lipinski definition) is 1. The van der Waals surface area contributed by atoms with Crippen molar-refractivity contribution in [2.45, 2.75) is 6.92 Å². The molecule has 1 aromatic heterocycles. The third-order valence-electron chi connectivity index (χ3n) is 3.01. The van der Waals surface area contributed by atoms with E-state index in [0.717, 1.165) is 22.3 Å². The Morgan fingerprint density at radius 1 is 1.19 bits per heavy atom. The zero-order valence-corrected chi connectivity index (χ0v) is 13.1. The van der Waals surface area contributed by atoms with E-state index in [-0.39, 0.29) is 5.75 Å². The van der Waals surface area contributed by atoms with E-state index in [1.54, 1.807) is 0 Å². The monoisotopic (exact) mass is 308 g/mol. The van der Waals surface area contributed by atoms with Crippen LogP contribution >= 0.6 is 0 Å². The van der Waals surface area contributed by atoms with Crippen molar-refractivity contribution in [3.05, 3.63) is 36.0 Å². The predicted octanol–water partition coefficient (Wildman–Crippen LogP) is 1.56. The van der Waals surface area contributed by atoms with Gasteiger partial charge >= 0.3 is 0 Å². The average Bonchev–Trinajstić information content (AvgIpc) is 2.41. The van der Waals surface area contributed by atoms with Crippen LogP contribution in [-0.2, 0) is 9.84 Å². The first-order valence-electron chi connectivity index (χ1n) is 6.83. The number of rotatable bonds is 7. The smallest absolute Gasteiger partial charge is 0.148 e. The van der Waals surface area contributed by atoms with E-state index in [2.05, 4.69) is 10.3 Å². The molecule has 0 radical (unpaired) electrons. The minimum Gasteiger partial charge on any atom is -0.490 e. The fourth-order valence-corrected chi connectivity index (χ4v) is 2.46. The van der Waals surface area contributed by atoms with Crippen LogP contribution in [0.25, 0.3) is 10.9 Å². The van der Waals surface area contributed by atoms with E-state index in [1.165, 1.54) is 6.26 Å². The van der Waals surface area contributed by atoms with Crippen molar-refractivity contribution in [3.8, 4) is 5.75 Å². The van der Waals surface area contributed by atoms with Gasteiger partial charge in [-0.3, -0.25) is 0 Å². The molecule has 0 spiro atoms. The number of fused-ring (bicyclic) bond motifs is 1. The SMILES string of the molecule is Cc1ccc2cccc(OCCNCCS(C)(=O)=O)c2n1. The minimum atomic E-state index is -2.91. The number of sulfone groups is 1. The Labute approximate surface area is 125 Å². The number of aryl methyl sites for hydroxylation is 1. The third kappa shape index (κ3) is 4.99. The number of hydrogen-bond acceptors (Lipinski definition) is 5. The second-order valence-corrected chi connectivity index (χ2v) is 7.27. The second kappa shape index (κ2) is 6.87. The lowest BCUT2D eigenvalue weighted by atomic mass is 10.2. The molecule has 0 aliphatic heterocycles. The summed E-state index contributed by atoms with van der Waals surface area (Å²) in [5.74, 6) is 0.892. The Morgan fingerprint density at radius 3 is 2.76 bits per heavy atom. The highest BCUT2D eigenvalue weighted by Crippen LogP contribution is 2.23. The van der Waals surface area contributed by atoms with Crippen molar-refractivity contribution in [3.63, 3.8) is 0 Å². The van der Waals surface area contributed by atoms with Crippen molar-refractivity contribution >= 4 is 20.7 Å². The van der Waals surface area contributed by atoms with Gasteiger partial charge in [-0.15, -0.1) is 0 Å². The van der Waals surface area contributed by atoms with Gasteiger partial charge < -0.3 is 10.1 Å². The largest absolute Gasteiger partial charge is 0.490 e. The molecule has 0 fully saturated rings. The molecular formula is C15H20N2O3S. The number of nitrogens with one attached hydrogen (secondary N) is 1. The zero-order chi connectivity index (χ0) is 15.3. The lowest BCUT2D eigenvalue weighted by molar-refractivity contribution is 0.318. The number of nitrogens with zero attached hydrogens (tertiary/aromatic N) is 1. The van der Waals surface area contributed by atoms with Gasteiger partial charge in [0, 0.05) is 30.4 Å². The average molecular weight is 308 g/mol. The maximum Gasteiger partial charge on any atom is 0.148 e. The van der Waals surface area contributed by atoms with E-state index in [9.17, 15) is 8.42 Å². The first-order chi connectivity index (χ1) is 9.96. The number of aromatic nitrogens is 1. The van der Waals surface area contributed by atoms with Crippen molar-refractivity contribution in [2.75, 3.05) is 31.7 Å². The van der Waals surface area contributed by atoms with Crippen LogP contribution in [0.15, 0.2) is 30.3 Å². The molecule has 5 nitrogen and oxygen atoms in total. The van der Waals surface area contributed by atoms with Crippen LogP contribution in [0.1, 0.15) is 5.69 Å². The van der Waals surface area contributed by atoms with Gasteiger partial charge in [-0.2, -0.15) is 0 Å². The maximum atomic E-state index is 11.0. The fraction of sp³-hybridized carbons (Fsp3) is 0.400. The van der Waals surface area contributed by atoms with Crippen molar-refractivity contribution in [1.82, 2.24) is 10.3 Å². The highest BCUT2D eigenvalue weighted by atomic mass is 32.2. The highest BCUT2D eigenvalue weighted by molar-refractivity contribution is 7.90. The fourth-order valence-electron chi connectivity index (χ4n) is 1.95. The van der Waals surface area contributed by atoms with Crippen molar-refractivity contribution in [1.29, 1.82) is 0 Å². The van der Waals surface area contributed by atoms with E-state index < -0.39 is 9.84 Å². The summed E-state index contributed by atoms with van der Waals surface area (Å²) in [5, 5.41) is 4.09. The molecule has 0 amide bonds. The molecule has 6 heteroatoms. The number of benzene rings is 1. The van der Waals surface area contributed by atoms with Gasteiger partial charge in [0.05, 0.1) is 5.75 Å². The van der Waals surface area contributed by atoms with Crippen molar-refractivity contribution in [2.24, 2.45) is 0 Å². The number of ether oxygens (including phenoxy) is 1. The van der Waals surface area contributed by atoms with Crippen LogP contribution in [0.5, 0.6) is 5.75 Å². The van der Waals surface area contributed by atoms with Crippen molar-refractivity contribution < 1.29 is 13.2 Å². The van der Waals surface area contributed by atoms with Gasteiger partial charge in [0.25, 0.3) is 0 Å². The summed E-state index contributed by atoms with van der Waals surface area (Å²) in [6, 6.07) is 9.82. The molecule has 1 N–H and O–H groups in total. The highest BCUT2D eigenvalue weighted by Gasteiger charge is 2.04. The molecule has 2 aromatic rings. The van der Waals surface area contributed by atoms with Crippen LogP contribution < -0.4 is 10.1 Å². The molecular weight excluding hydrogens is 288 g/mol. The van der Waals surface area contributed by atoms with Gasteiger partial charge in [0.1, 0.15) is 27.7 Å². The Balaban J connectivity index is 1.88. The molecule has 0 aliphatic rings. The summed E-state index contributed by atoms with van der Waals surface area (Å²) in [6.45, 7) is 3.45. The van der Waals surface area contributed by atoms with Gasteiger partial charge in [-0.25, -0.2) is 13.4 Å². The van der Waals surface area contributed by atoms with Gasteiger partial charge in [0.2, 0.25) is 0 Å². The molecule has 0 unspecified atom stereocenters. The normalized spacial score (nSPS) is 11.7. The minimum absolute atomic E-state index is 0.141. The van der Waals surface area contributed by atoms with E-state index in [1.807, 2.05) is 37.3 Å². The number of para-hydroxylation sites is 1. The standard InChI is InChI=1S/C15H20N2O3S/c1-12-6-7-13-4-3-5-14(15(13)17-12)20-10-8-16-9-11-21(2,18)19/h3-7,16H,8-11H2,1-2H3. The Hall–Kier alpha value is -1.66. The predicted molar refractivity (Wildman–Crippen MR) is 84.6 cm³/mol. The van der Waals surface area contributed by atoms with Crippen LogP contribution in [0, 0.1) is 6.92 Å². The lowest BCUT2D eigenvalue weighted by Gasteiger charge is -2.09. The molecule has 0 bridgehead atoms. The summed E-state index contributed by atoms with van der Waals surface area (Å²) < 4.78 is 27.7. The summed E-state index contributed by atoms with van der Waals surface area (Å²) in [5.41, 5.74) is 1.80. The first-order valence-corrected chi connectivity index (χ1v) is 8.89. The van der Waals surface area contributed by atoms with Gasteiger partial charge in [-0.1, -0.05) is 18.2 Å². The van der Waals surface area contributed by atoms with Gasteiger partial charge in [0.15, 0.2) is 0 Å². The maximum absolute atomic E-state index is 11.0. The lowest BCUT2D eigenvalue weighted by Crippen LogP contribution is -2.26. The Bertz CT molecular complexity index is 714. The molecule has 0 atom stereocenters. The topological polar surface area (TPSA) is 68.3 Å². The Morgan fingerprint density at radius 2 is 2.00 bits per heavy atom. The molecule has 21 heavy (non-hydrogen) atoms. The van der Waals surface area contributed by atoms with E-state index in [0.29, 0.717) is 19.7 Å². The summed E-state index contributed by atoms with van der Waals surface area (Å²) >= 11 is 0. The second-order valence-electron chi connectivity index (χ2n) is 5.01. The Kier molecular flexibility index (Phi) is 5.14. The number of pyridine rings is 1. The quantitative estimate of drug-likeness (QED) is 0.786. The van der Waals surface area contributed by atoms with Crippen LogP contribution in [-0.4, -0.2) is 45.1 Å². The summed E-state index contributed by atoms with van der Waals surface area (Å²) in [4.78, 5) is 4.50. The summed E-state index contributed by atoms with van der Waals surface area (Å²) in [7, 11) is -2.91. The molecule has 0 saturated heterocycles. The molecule has 2 rings (SSSR count). The van der Waals surface area contributed by atoms with E-state index >= 15 is 0 Å². The first kappa shape index (κ1) is 15.7. The molecule has 1 aromatic carbocycles. The van der Waals surface area contributed by atoms with Crippen LogP contribution in [0.3, 0.4) is 0 Å². The van der Waals surface area contributed by atoms with Crippen LogP contribution in [0.4, 0.5) is 0 Å². The summed E-state index contributed by atoms with van der Waals surface area (Å²) in [6.07, 6.45) is 1.23. The molecule has 0 aliphatic carbocycles. The third-order valence-corrected chi connectivity index (χ3v) is 3.95. The molecule has 0 saturated carbocycles. The zero-order valence-electron chi connectivity index (χ0n) is 12.3.